The lowest BCUT2D eigenvalue weighted by molar-refractivity contribution is -0.174. The van der Waals surface area contributed by atoms with Gasteiger partial charge in [-0.3, -0.25) is 0 Å². The zero-order valence-electron chi connectivity index (χ0n) is 9.59. The van der Waals surface area contributed by atoms with Gasteiger partial charge in [-0.05, 0) is 6.42 Å². The van der Waals surface area contributed by atoms with Crippen LogP contribution in [0.5, 0.6) is 0 Å². The highest BCUT2D eigenvalue weighted by molar-refractivity contribution is 4.65. The quantitative estimate of drug-likeness (QED) is 0.690. The molecule has 0 aromatic carbocycles. The number of halogens is 3. The second-order valence-electron chi connectivity index (χ2n) is 3.79. The molecule has 0 saturated carbocycles. The molecule has 1 heterocycles. The van der Waals surface area contributed by atoms with Gasteiger partial charge in [-0.25, -0.2) is 0 Å². The molecule has 1 aliphatic rings. The maximum Gasteiger partial charge on any atom is 0.411 e. The molecule has 1 unspecified atom stereocenters. The predicted octanol–water partition coefficient (Wildman–Crippen LogP) is 0.960. The molecule has 0 aromatic rings. The Labute approximate surface area is 98.4 Å². The Balaban J connectivity index is 1.84. The predicted molar refractivity (Wildman–Crippen MR) is 54.9 cm³/mol. The molecule has 0 aliphatic carbocycles. The van der Waals surface area contributed by atoms with Crippen LogP contribution >= 0.6 is 0 Å². The van der Waals surface area contributed by atoms with Gasteiger partial charge < -0.3 is 19.5 Å². The normalized spacial score (nSPS) is 21.7. The van der Waals surface area contributed by atoms with E-state index in [-0.39, 0.29) is 12.7 Å². The Kier molecular flexibility index (Phi) is 6.79. The summed E-state index contributed by atoms with van der Waals surface area (Å²) in [7, 11) is 0. The molecule has 17 heavy (non-hydrogen) atoms. The lowest BCUT2D eigenvalue weighted by Gasteiger charge is -2.23. The third-order valence-corrected chi connectivity index (χ3v) is 2.15. The van der Waals surface area contributed by atoms with E-state index in [1.54, 1.807) is 0 Å². The minimum Gasteiger partial charge on any atom is -0.379 e. The van der Waals surface area contributed by atoms with Crippen LogP contribution in [0.1, 0.15) is 6.42 Å². The van der Waals surface area contributed by atoms with Crippen molar-refractivity contribution >= 4 is 0 Å². The molecule has 1 aliphatic heterocycles. The third kappa shape index (κ3) is 8.37. The van der Waals surface area contributed by atoms with Gasteiger partial charge in [0.25, 0.3) is 0 Å². The van der Waals surface area contributed by atoms with E-state index in [4.69, 9.17) is 9.47 Å². The number of morpholine rings is 1. The summed E-state index contributed by atoms with van der Waals surface area (Å²) >= 11 is 0. The van der Waals surface area contributed by atoms with Crippen LogP contribution in [-0.4, -0.2) is 58.4 Å². The molecule has 1 N–H and O–H groups in total. The number of alkyl halides is 3. The molecule has 1 saturated heterocycles. The molecule has 7 heteroatoms. The SMILES string of the molecule is FC(F)(F)COCCCOCC1CNCCO1. The van der Waals surface area contributed by atoms with Gasteiger partial charge in [-0.15, -0.1) is 0 Å². The topological polar surface area (TPSA) is 39.7 Å². The highest BCUT2D eigenvalue weighted by atomic mass is 19.4. The van der Waals surface area contributed by atoms with Gasteiger partial charge in [-0.2, -0.15) is 13.2 Å². The maximum absolute atomic E-state index is 11.7. The number of nitrogens with one attached hydrogen (secondary N) is 1. The summed E-state index contributed by atoms with van der Waals surface area (Å²) in [6.07, 6.45) is -3.75. The van der Waals surface area contributed by atoms with E-state index in [2.05, 4.69) is 10.1 Å². The van der Waals surface area contributed by atoms with Gasteiger partial charge in [0, 0.05) is 26.3 Å². The van der Waals surface area contributed by atoms with Crippen molar-refractivity contribution in [3.63, 3.8) is 0 Å². The smallest absolute Gasteiger partial charge is 0.379 e. The fraction of sp³-hybridized carbons (Fsp3) is 1.00. The summed E-state index contributed by atoms with van der Waals surface area (Å²) in [5.74, 6) is 0. The van der Waals surface area contributed by atoms with Crippen molar-refractivity contribution in [1.82, 2.24) is 5.32 Å². The number of ether oxygens (including phenoxy) is 3. The highest BCUT2D eigenvalue weighted by Crippen LogP contribution is 2.14. The third-order valence-electron chi connectivity index (χ3n) is 2.15. The average molecular weight is 257 g/mol. The summed E-state index contributed by atoms with van der Waals surface area (Å²) in [6, 6.07) is 0. The fourth-order valence-electron chi connectivity index (χ4n) is 1.39. The molecular formula is C10H18F3NO3. The summed E-state index contributed by atoms with van der Waals surface area (Å²) in [6.45, 7) is 1.99. The van der Waals surface area contributed by atoms with Crippen molar-refractivity contribution in [2.24, 2.45) is 0 Å². The lowest BCUT2D eigenvalue weighted by Crippen LogP contribution is -2.41. The first-order valence-corrected chi connectivity index (χ1v) is 5.62. The Hall–Kier alpha value is -0.370. The zero-order valence-corrected chi connectivity index (χ0v) is 9.59. The minimum absolute atomic E-state index is 0.0415. The maximum atomic E-state index is 11.7. The number of hydrogen-bond acceptors (Lipinski definition) is 4. The number of hydrogen-bond donors (Lipinski definition) is 1. The molecule has 1 fully saturated rings. The lowest BCUT2D eigenvalue weighted by atomic mass is 10.3. The Morgan fingerprint density at radius 2 is 2.00 bits per heavy atom. The van der Waals surface area contributed by atoms with Crippen molar-refractivity contribution in [3.8, 4) is 0 Å². The average Bonchev–Trinajstić information content (AvgIpc) is 2.28. The van der Waals surface area contributed by atoms with Gasteiger partial charge in [0.15, 0.2) is 0 Å². The van der Waals surface area contributed by atoms with Crippen LogP contribution in [0.2, 0.25) is 0 Å². The summed E-state index contributed by atoms with van der Waals surface area (Å²) < 4.78 is 50.2. The summed E-state index contributed by atoms with van der Waals surface area (Å²) in [5.41, 5.74) is 0. The zero-order chi connectivity index (χ0) is 12.6. The first kappa shape index (κ1) is 14.7. The summed E-state index contributed by atoms with van der Waals surface area (Å²) in [4.78, 5) is 0. The van der Waals surface area contributed by atoms with Crippen molar-refractivity contribution < 1.29 is 27.4 Å². The van der Waals surface area contributed by atoms with Crippen LogP contribution in [0.15, 0.2) is 0 Å². The Bertz CT molecular complexity index is 196. The first-order chi connectivity index (χ1) is 8.08. The van der Waals surface area contributed by atoms with Crippen molar-refractivity contribution in [2.75, 3.05) is 46.1 Å². The van der Waals surface area contributed by atoms with Gasteiger partial charge in [-0.1, -0.05) is 0 Å². The second kappa shape index (κ2) is 7.86. The molecule has 1 atom stereocenters. The van der Waals surface area contributed by atoms with Gasteiger partial charge in [0.2, 0.25) is 0 Å². The largest absolute Gasteiger partial charge is 0.411 e. The Morgan fingerprint density at radius 1 is 1.24 bits per heavy atom. The van der Waals surface area contributed by atoms with E-state index in [1.165, 1.54) is 0 Å². The molecule has 0 bridgehead atoms. The van der Waals surface area contributed by atoms with Crippen LogP contribution < -0.4 is 5.32 Å². The highest BCUT2D eigenvalue weighted by Gasteiger charge is 2.27. The molecule has 4 nitrogen and oxygen atoms in total. The van der Waals surface area contributed by atoms with Crippen LogP contribution in [0.3, 0.4) is 0 Å². The fourth-order valence-corrected chi connectivity index (χ4v) is 1.39. The van der Waals surface area contributed by atoms with E-state index in [0.29, 0.717) is 26.2 Å². The first-order valence-electron chi connectivity index (χ1n) is 5.62. The van der Waals surface area contributed by atoms with Gasteiger partial charge >= 0.3 is 6.18 Å². The summed E-state index contributed by atoms with van der Waals surface area (Å²) in [5, 5.41) is 3.16. The van der Waals surface area contributed by atoms with Crippen LogP contribution in [0.4, 0.5) is 13.2 Å². The van der Waals surface area contributed by atoms with Crippen molar-refractivity contribution in [1.29, 1.82) is 0 Å². The van der Waals surface area contributed by atoms with Gasteiger partial charge in [0.05, 0.1) is 19.3 Å². The van der Waals surface area contributed by atoms with Gasteiger partial charge in [0.1, 0.15) is 6.61 Å². The molecule has 0 radical (unpaired) electrons. The van der Waals surface area contributed by atoms with E-state index in [9.17, 15) is 13.2 Å². The van der Waals surface area contributed by atoms with E-state index in [1.807, 2.05) is 0 Å². The monoisotopic (exact) mass is 257 g/mol. The molecule has 0 aromatic heterocycles. The minimum atomic E-state index is -4.25. The van der Waals surface area contributed by atoms with E-state index >= 15 is 0 Å². The number of rotatable bonds is 7. The molecule has 0 spiro atoms. The van der Waals surface area contributed by atoms with Crippen molar-refractivity contribution in [3.05, 3.63) is 0 Å². The molecule has 0 amide bonds. The Morgan fingerprint density at radius 3 is 2.65 bits per heavy atom. The van der Waals surface area contributed by atoms with Crippen molar-refractivity contribution in [2.45, 2.75) is 18.7 Å². The van der Waals surface area contributed by atoms with Crippen LogP contribution in [0, 0.1) is 0 Å². The van der Waals surface area contributed by atoms with E-state index < -0.39 is 12.8 Å². The van der Waals surface area contributed by atoms with E-state index in [0.717, 1.165) is 13.1 Å². The van der Waals surface area contributed by atoms with Crippen LogP contribution in [-0.2, 0) is 14.2 Å². The second-order valence-corrected chi connectivity index (χ2v) is 3.79. The van der Waals surface area contributed by atoms with Crippen LogP contribution in [0.25, 0.3) is 0 Å². The molecule has 1 rings (SSSR count). The standard InChI is InChI=1S/C10H18F3NO3/c11-10(12,13)8-16-4-1-3-15-7-9-6-14-2-5-17-9/h9,14H,1-8H2. The molecule has 102 valence electrons. The molecular weight excluding hydrogens is 239 g/mol.